The number of phenolic OH excluding ortho intramolecular Hbond substituents is 3. The van der Waals surface area contributed by atoms with Crippen molar-refractivity contribution in [1.82, 2.24) is 0 Å². The largest absolute Gasteiger partial charge is 0.508 e. The van der Waals surface area contributed by atoms with Crippen LogP contribution in [-0.2, 0) is 33.3 Å². The molecule has 3 heterocycles. The first-order chi connectivity index (χ1) is 28.0. The van der Waals surface area contributed by atoms with Gasteiger partial charge in [0.05, 0.1) is 14.2 Å². The molecular formula is C38H36O21. The normalized spacial score (nSPS) is 26.9. The van der Waals surface area contributed by atoms with Gasteiger partial charge in [0.1, 0.15) is 58.4 Å². The number of hydrogen-bond donors (Lipinski definition) is 9. The second-order valence-electron chi connectivity index (χ2n) is 13.1. The minimum Gasteiger partial charge on any atom is -0.508 e. The number of hydrogen-bond acceptors (Lipinski definition) is 19. The van der Waals surface area contributed by atoms with Crippen molar-refractivity contribution in [1.29, 1.82) is 0 Å². The highest BCUT2D eigenvalue weighted by Gasteiger charge is 2.55. The number of carboxylic acids is 2. The maximum atomic E-state index is 13.2. The number of carboxylic acid groups (broad SMARTS) is 2. The summed E-state index contributed by atoms with van der Waals surface area (Å²) in [5.41, 5.74) is -0.476. The quantitative estimate of drug-likeness (QED) is 0.0672. The van der Waals surface area contributed by atoms with Gasteiger partial charge in [0.25, 0.3) is 0 Å². The summed E-state index contributed by atoms with van der Waals surface area (Å²) in [5.74, 6) is -6.52. The second kappa shape index (κ2) is 17.2. The van der Waals surface area contributed by atoms with E-state index >= 15 is 0 Å². The number of ether oxygens (including phenoxy) is 7. The molecule has 314 valence electrons. The van der Waals surface area contributed by atoms with Gasteiger partial charge >= 0.3 is 17.9 Å². The highest BCUT2D eigenvalue weighted by Crippen LogP contribution is 2.41. The Morgan fingerprint density at radius 1 is 0.729 bits per heavy atom. The van der Waals surface area contributed by atoms with E-state index < -0.39 is 96.2 Å². The molecule has 0 amide bonds. The number of fused-ring (bicyclic) bond motifs is 1. The first-order valence-electron chi connectivity index (χ1n) is 17.3. The van der Waals surface area contributed by atoms with Crippen LogP contribution in [0.5, 0.6) is 34.5 Å². The molecule has 9 N–H and O–H groups in total. The standard InChI is InChI=1S/C38H36O21/c1-52-22-9-15(10-23(53-2)26(22)43)20-13-19(41)25-18(40)11-17(12-21(25)55-20)54-37-34(30(47)28(45)31(57-37)35(48)49)59-38-33(29(46)27(44)32(58-38)36(50)51)56-24(42)8-5-14-3-6-16(39)7-4-14/h3-13,27-34,37-40,43-47H,1-2H3,(H,48,49)(H,50,51)/b8-5+/t27-,28-,29-,30-,31-,32+,33+,34+,37+,38-/m0/s1. The number of carbonyl (C=O) groups excluding carboxylic acids is 1. The van der Waals surface area contributed by atoms with E-state index in [1.165, 1.54) is 56.7 Å². The van der Waals surface area contributed by atoms with Crippen molar-refractivity contribution in [3.05, 3.63) is 76.5 Å². The van der Waals surface area contributed by atoms with E-state index in [1.807, 2.05) is 0 Å². The Kier molecular flexibility index (Phi) is 12.3. The molecule has 0 spiro atoms. The third kappa shape index (κ3) is 8.71. The summed E-state index contributed by atoms with van der Waals surface area (Å²) < 4.78 is 43.9. The lowest BCUT2D eigenvalue weighted by Crippen LogP contribution is -2.66. The van der Waals surface area contributed by atoms with Crippen LogP contribution in [0.2, 0.25) is 0 Å². The summed E-state index contributed by atoms with van der Waals surface area (Å²) in [5, 5.41) is 93.3. The van der Waals surface area contributed by atoms with Gasteiger partial charge in [0, 0.05) is 29.8 Å². The number of aliphatic hydroxyl groups excluding tert-OH is 4. The van der Waals surface area contributed by atoms with Crippen molar-refractivity contribution in [2.75, 3.05) is 14.2 Å². The zero-order chi connectivity index (χ0) is 42.9. The molecule has 2 fully saturated rings. The first kappa shape index (κ1) is 42.2. The van der Waals surface area contributed by atoms with E-state index in [0.717, 1.165) is 24.3 Å². The average Bonchev–Trinajstić information content (AvgIpc) is 3.19. The Morgan fingerprint density at radius 2 is 1.31 bits per heavy atom. The van der Waals surface area contributed by atoms with Crippen LogP contribution >= 0.6 is 0 Å². The van der Waals surface area contributed by atoms with Gasteiger partial charge < -0.3 is 83.5 Å². The fourth-order valence-corrected chi connectivity index (χ4v) is 6.26. The van der Waals surface area contributed by atoms with Crippen LogP contribution < -0.4 is 19.6 Å². The topological polar surface area (TPSA) is 328 Å². The number of rotatable bonds is 12. The Bertz CT molecular complexity index is 2280. The number of benzene rings is 3. The van der Waals surface area contributed by atoms with Crippen LogP contribution in [0.15, 0.2) is 69.9 Å². The monoisotopic (exact) mass is 828 g/mol. The van der Waals surface area contributed by atoms with Gasteiger partial charge in [0.15, 0.2) is 47.6 Å². The third-order valence-corrected chi connectivity index (χ3v) is 9.23. The molecule has 0 radical (unpaired) electrons. The summed E-state index contributed by atoms with van der Waals surface area (Å²) in [4.78, 5) is 50.2. The van der Waals surface area contributed by atoms with E-state index in [4.69, 9.17) is 37.6 Å². The van der Waals surface area contributed by atoms with Gasteiger partial charge in [-0.1, -0.05) is 12.1 Å². The van der Waals surface area contributed by atoms with Gasteiger partial charge in [-0.15, -0.1) is 0 Å². The lowest BCUT2D eigenvalue weighted by molar-refractivity contribution is -0.350. The minimum absolute atomic E-state index is 0.0440. The number of carbonyl (C=O) groups is 3. The zero-order valence-corrected chi connectivity index (χ0v) is 30.5. The summed E-state index contributed by atoms with van der Waals surface area (Å²) in [7, 11) is 2.54. The molecule has 21 nitrogen and oxygen atoms in total. The molecule has 0 bridgehead atoms. The second-order valence-corrected chi connectivity index (χ2v) is 13.1. The molecule has 2 aliphatic rings. The molecule has 1 aromatic heterocycles. The van der Waals surface area contributed by atoms with Crippen LogP contribution in [0.25, 0.3) is 28.4 Å². The predicted molar refractivity (Wildman–Crippen MR) is 193 cm³/mol. The number of aromatic hydroxyl groups is 3. The van der Waals surface area contributed by atoms with Crippen molar-refractivity contribution in [3.8, 4) is 45.8 Å². The highest BCUT2D eigenvalue weighted by molar-refractivity contribution is 5.87. The van der Waals surface area contributed by atoms with Crippen LogP contribution in [0.1, 0.15) is 5.56 Å². The fourth-order valence-electron chi connectivity index (χ4n) is 6.26. The molecule has 0 saturated carbocycles. The zero-order valence-electron chi connectivity index (χ0n) is 30.5. The Labute approximate surface area is 330 Å². The van der Waals surface area contributed by atoms with Gasteiger partial charge in [-0.25, -0.2) is 14.4 Å². The van der Waals surface area contributed by atoms with E-state index in [-0.39, 0.29) is 45.3 Å². The number of methoxy groups -OCH3 is 2. The fraction of sp³-hybridized carbons (Fsp3) is 0.316. The van der Waals surface area contributed by atoms with E-state index in [9.17, 15) is 65.1 Å². The number of phenols is 3. The van der Waals surface area contributed by atoms with Crippen LogP contribution in [-0.4, -0.2) is 139 Å². The molecule has 2 saturated heterocycles. The number of aliphatic carboxylic acids is 2. The van der Waals surface area contributed by atoms with Crippen LogP contribution in [0.3, 0.4) is 0 Å². The van der Waals surface area contributed by atoms with Crippen LogP contribution in [0, 0.1) is 0 Å². The predicted octanol–water partition coefficient (Wildman–Crippen LogP) is 0.0458. The summed E-state index contributed by atoms with van der Waals surface area (Å²) in [6, 6.07) is 11.2. The van der Waals surface area contributed by atoms with Gasteiger partial charge in [-0.2, -0.15) is 0 Å². The molecule has 21 heteroatoms. The summed E-state index contributed by atoms with van der Waals surface area (Å²) in [6.45, 7) is 0. The molecule has 0 unspecified atom stereocenters. The molecule has 0 aliphatic carbocycles. The van der Waals surface area contributed by atoms with Crippen molar-refractivity contribution in [2.45, 2.75) is 61.4 Å². The van der Waals surface area contributed by atoms with Gasteiger partial charge in [-0.3, -0.25) is 4.79 Å². The SMILES string of the molecule is COc1cc(-c2cc(=O)c3c(O)cc(O[C@@H]4O[C@H](C(=O)O)[C@@H](O)[C@H](O)[C@H]4O[C@@H]4O[C@@H](C(=O)O)[C@@H](O)[C@H](O)[C@H]4OC(=O)/C=C/c4ccc(O)cc4)cc3o2)cc(OC)c1O. The van der Waals surface area contributed by atoms with Crippen molar-refractivity contribution < 1.29 is 97.9 Å². The number of aliphatic hydroxyl groups is 4. The molecule has 3 aromatic carbocycles. The Morgan fingerprint density at radius 3 is 1.88 bits per heavy atom. The smallest absolute Gasteiger partial charge is 0.335 e. The molecule has 6 rings (SSSR count). The third-order valence-electron chi connectivity index (χ3n) is 9.23. The average molecular weight is 829 g/mol. The van der Waals surface area contributed by atoms with Crippen molar-refractivity contribution in [2.24, 2.45) is 0 Å². The summed E-state index contributed by atoms with van der Waals surface area (Å²) >= 11 is 0. The molecular weight excluding hydrogens is 792 g/mol. The Balaban J connectivity index is 1.35. The minimum atomic E-state index is -2.27. The van der Waals surface area contributed by atoms with Crippen LogP contribution in [0.4, 0.5) is 0 Å². The maximum absolute atomic E-state index is 13.2. The lowest BCUT2D eigenvalue weighted by Gasteiger charge is -2.45. The molecule has 2 aliphatic heterocycles. The van der Waals surface area contributed by atoms with E-state index in [0.29, 0.717) is 5.56 Å². The van der Waals surface area contributed by atoms with E-state index in [1.54, 1.807) is 0 Å². The van der Waals surface area contributed by atoms with Gasteiger partial charge in [-0.05, 0) is 35.9 Å². The molecule has 10 atom stereocenters. The van der Waals surface area contributed by atoms with Gasteiger partial charge in [0.2, 0.25) is 12.0 Å². The summed E-state index contributed by atoms with van der Waals surface area (Å²) in [6.07, 6.45) is -19.7. The molecule has 59 heavy (non-hydrogen) atoms. The highest BCUT2D eigenvalue weighted by atomic mass is 16.8. The molecule has 4 aromatic rings. The lowest BCUT2D eigenvalue weighted by atomic mass is 9.96. The van der Waals surface area contributed by atoms with Crippen molar-refractivity contribution >= 4 is 35.0 Å². The maximum Gasteiger partial charge on any atom is 0.335 e. The van der Waals surface area contributed by atoms with Crippen molar-refractivity contribution in [3.63, 3.8) is 0 Å². The number of esters is 1. The first-order valence-corrected chi connectivity index (χ1v) is 17.3. The van der Waals surface area contributed by atoms with E-state index in [2.05, 4.69) is 0 Å². The Hall–Kier alpha value is -6.46.